The molecule has 0 aromatic carbocycles. The van der Waals surface area contributed by atoms with Crippen molar-refractivity contribution in [3.05, 3.63) is 109 Å². The highest BCUT2D eigenvalue weighted by Gasteiger charge is 2.26. The molecule has 0 spiro atoms. The number of ether oxygens (including phenoxy) is 2. The van der Waals surface area contributed by atoms with E-state index in [0.717, 1.165) is 109 Å². The summed E-state index contributed by atoms with van der Waals surface area (Å²) in [7, 11) is -4.40. The van der Waals surface area contributed by atoms with Gasteiger partial charge in [0.25, 0.3) is 0 Å². The zero-order valence-corrected chi connectivity index (χ0v) is 47.5. The monoisotopic (exact) mass is 1040 g/mol. The van der Waals surface area contributed by atoms with Gasteiger partial charge in [-0.2, -0.15) is 0 Å². The summed E-state index contributed by atoms with van der Waals surface area (Å²) < 4.78 is 33.1. The van der Waals surface area contributed by atoms with E-state index in [9.17, 15) is 19.0 Å². The summed E-state index contributed by atoms with van der Waals surface area (Å²) in [6, 6.07) is 0. The van der Waals surface area contributed by atoms with Crippen LogP contribution in [0, 0.1) is 0 Å². The lowest BCUT2D eigenvalue weighted by Crippen LogP contribution is -2.29. The third-order valence-electron chi connectivity index (χ3n) is 12.2. The maximum absolute atomic E-state index is 12.7. The summed E-state index contributed by atoms with van der Waals surface area (Å²) in [6.45, 7) is 3.52. The topological polar surface area (TPSA) is 134 Å². The van der Waals surface area contributed by atoms with Crippen LogP contribution in [0.15, 0.2) is 109 Å². The lowest BCUT2D eigenvalue weighted by molar-refractivity contribution is -0.161. The molecule has 10 heteroatoms. The van der Waals surface area contributed by atoms with E-state index in [2.05, 4.69) is 123 Å². The number of carbonyl (C=O) groups is 2. The van der Waals surface area contributed by atoms with E-state index in [-0.39, 0.29) is 38.6 Å². The van der Waals surface area contributed by atoms with E-state index < -0.39 is 26.5 Å². The number of carbonyl (C=O) groups excluding carboxylic acids is 2. The molecule has 0 heterocycles. The van der Waals surface area contributed by atoms with Gasteiger partial charge in [0.2, 0.25) is 0 Å². The van der Waals surface area contributed by atoms with E-state index >= 15 is 0 Å². The van der Waals surface area contributed by atoms with Crippen molar-refractivity contribution in [2.45, 2.75) is 251 Å². The van der Waals surface area contributed by atoms with Crippen LogP contribution in [0.5, 0.6) is 0 Å². The fourth-order valence-electron chi connectivity index (χ4n) is 7.89. The first-order valence-electron chi connectivity index (χ1n) is 29.4. The minimum Gasteiger partial charge on any atom is -0.462 e. The fraction of sp³-hybridized carbons (Fsp3) is 0.683. The Hall–Kier alpha value is -3.33. The molecule has 0 bridgehead atoms. The van der Waals surface area contributed by atoms with Gasteiger partial charge in [0, 0.05) is 19.4 Å². The minimum absolute atomic E-state index is 0.0481. The maximum atomic E-state index is 12.7. The second-order valence-corrected chi connectivity index (χ2v) is 20.6. The molecule has 3 N–H and O–H groups in total. The Morgan fingerprint density at radius 2 is 0.712 bits per heavy atom. The van der Waals surface area contributed by atoms with Crippen LogP contribution < -0.4 is 5.73 Å². The molecule has 0 amide bonds. The number of nitrogens with two attached hydrogens (primary N) is 1. The molecule has 2 atom stereocenters. The summed E-state index contributed by atoms with van der Waals surface area (Å²) in [6.07, 6.45) is 78.5. The second kappa shape index (κ2) is 57.9. The third-order valence-corrected chi connectivity index (χ3v) is 13.1. The number of unbranched alkanes of at least 4 members (excludes halogenated alkanes) is 23. The van der Waals surface area contributed by atoms with Crippen LogP contribution >= 0.6 is 7.82 Å². The summed E-state index contributed by atoms with van der Waals surface area (Å²) in [5.41, 5.74) is 5.38. The minimum atomic E-state index is -4.40. The normalized spacial score (nSPS) is 13.9. The Kier molecular flexibility index (Phi) is 55.3. The predicted octanol–water partition coefficient (Wildman–Crippen LogP) is 18.6. The smallest absolute Gasteiger partial charge is 0.462 e. The van der Waals surface area contributed by atoms with Crippen molar-refractivity contribution in [1.29, 1.82) is 0 Å². The standard InChI is InChI=1S/C63H108NO8P/c1-3-5-7-9-11-13-15-17-19-21-23-25-27-28-29-30-31-32-34-36-38-40-42-44-46-48-50-52-54-56-63(66)72-61(60-71-73(67,68)70-58-57-64)59-69-62(65)55-53-51-49-47-45-43-41-39-37-35-33-26-24-22-20-18-16-14-12-10-8-6-4-2/h5-8,11-14,17-20,23-26,28-29,61H,3-4,9-10,15-16,21-22,27,30-60,64H2,1-2H3,(H,67,68)/b7-5-,8-6-,13-11-,14-12-,19-17-,20-18-,25-23-,26-24-,29-28-. The first kappa shape index (κ1) is 69.7. The molecule has 0 fully saturated rings. The number of phosphoric acid groups is 1. The van der Waals surface area contributed by atoms with Crippen molar-refractivity contribution in [3.8, 4) is 0 Å². The molecule has 9 nitrogen and oxygen atoms in total. The van der Waals surface area contributed by atoms with Crippen molar-refractivity contribution in [2.75, 3.05) is 26.4 Å². The van der Waals surface area contributed by atoms with Gasteiger partial charge in [0.05, 0.1) is 13.2 Å². The van der Waals surface area contributed by atoms with Crippen LogP contribution in [-0.2, 0) is 32.7 Å². The second-order valence-electron chi connectivity index (χ2n) is 19.1. The third kappa shape index (κ3) is 57.8. The van der Waals surface area contributed by atoms with Crippen LogP contribution in [0.4, 0.5) is 0 Å². The van der Waals surface area contributed by atoms with Gasteiger partial charge in [-0.1, -0.05) is 245 Å². The van der Waals surface area contributed by atoms with E-state index in [1.807, 2.05) is 0 Å². The van der Waals surface area contributed by atoms with Gasteiger partial charge < -0.3 is 20.1 Å². The molecule has 0 aromatic heterocycles. The van der Waals surface area contributed by atoms with Gasteiger partial charge >= 0.3 is 19.8 Å². The summed E-state index contributed by atoms with van der Waals surface area (Å²) in [4.78, 5) is 35.2. The maximum Gasteiger partial charge on any atom is 0.472 e. The van der Waals surface area contributed by atoms with Crippen molar-refractivity contribution in [3.63, 3.8) is 0 Å². The SMILES string of the molecule is CC/C=C\C/C=C\C/C=C\C/C=C\C/C=C\CCCCCCCCCCCCCCCC(=O)OC(COC(=O)CCCCCCCCCCCC/C=C\C/C=C\C/C=C\C/C=C\CC)COP(=O)(O)OCCN. The number of esters is 2. The highest BCUT2D eigenvalue weighted by atomic mass is 31.2. The van der Waals surface area contributed by atoms with E-state index in [1.165, 1.54) is 103 Å². The zero-order valence-electron chi connectivity index (χ0n) is 46.6. The predicted molar refractivity (Wildman–Crippen MR) is 311 cm³/mol. The highest BCUT2D eigenvalue weighted by Crippen LogP contribution is 2.43. The van der Waals surface area contributed by atoms with Gasteiger partial charge in [-0.3, -0.25) is 18.6 Å². The molecule has 0 aromatic rings. The zero-order chi connectivity index (χ0) is 53.1. The molecule has 2 unspecified atom stereocenters. The van der Waals surface area contributed by atoms with Gasteiger partial charge in [0.1, 0.15) is 6.61 Å². The lowest BCUT2D eigenvalue weighted by atomic mass is 10.0. The quantitative estimate of drug-likeness (QED) is 0.0264. The fourth-order valence-corrected chi connectivity index (χ4v) is 8.65. The number of hydrogen-bond donors (Lipinski definition) is 2. The van der Waals surface area contributed by atoms with Crippen LogP contribution in [-0.4, -0.2) is 49.3 Å². The molecule has 0 aliphatic carbocycles. The number of hydrogen-bond acceptors (Lipinski definition) is 8. The number of allylic oxidation sites excluding steroid dienone is 18. The number of phosphoric ester groups is 1. The summed E-state index contributed by atoms with van der Waals surface area (Å²) in [5, 5.41) is 0. The molecule has 73 heavy (non-hydrogen) atoms. The largest absolute Gasteiger partial charge is 0.472 e. The summed E-state index contributed by atoms with van der Waals surface area (Å²) >= 11 is 0. The molecular formula is C63H108NO8P. The molecule has 0 radical (unpaired) electrons. The van der Waals surface area contributed by atoms with Gasteiger partial charge in [0.15, 0.2) is 6.10 Å². The molecule has 0 aliphatic heterocycles. The Morgan fingerprint density at radius 1 is 0.411 bits per heavy atom. The average molecular weight is 1040 g/mol. The molecule has 0 saturated heterocycles. The Bertz CT molecular complexity index is 1560. The molecule has 0 aliphatic rings. The first-order chi connectivity index (χ1) is 35.8. The van der Waals surface area contributed by atoms with Crippen LogP contribution in [0.3, 0.4) is 0 Å². The van der Waals surface area contributed by atoms with Crippen LogP contribution in [0.25, 0.3) is 0 Å². The average Bonchev–Trinajstić information content (AvgIpc) is 3.38. The van der Waals surface area contributed by atoms with E-state index in [0.29, 0.717) is 6.42 Å². The van der Waals surface area contributed by atoms with E-state index in [1.54, 1.807) is 0 Å². The molecule has 418 valence electrons. The molecule has 0 rings (SSSR count). The molecule has 0 saturated carbocycles. The Labute approximate surface area is 448 Å². The first-order valence-corrected chi connectivity index (χ1v) is 30.9. The van der Waals surface area contributed by atoms with E-state index in [4.69, 9.17) is 24.3 Å². The van der Waals surface area contributed by atoms with Crippen molar-refractivity contribution in [1.82, 2.24) is 0 Å². The Balaban J connectivity index is 3.99. The van der Waals surface area contributed by atoms with Crippen molar-refractivity contribution in [2.24, 2.45) is 5.73 Å². The van der Waals surface area contributed by atoms with Gasteiger partial charge in [-0.15, -0.1) is 0 Å². The van der Waals surface area contributed by atoms with Crippen molar-refractivity contribution >= 4 is 19.8 Å². The van der Waals surface area contributed by atoms with Crippen molar-refractivity contribution < 1.29 is 37.6 Å². The van der Waals surface area contributed by atoms with Crippen LogP contribution in [0.1, 0.15) is 245 Å². The summed E-state index contributed by atoms with van der Waals surface area (Å²) in [5.74, 6) is -0.835. The van der Waals surface area contributed by atoms with Crippen LogP contribution in [0.2, 0.25) is 0 Å². The Morgan fingerprint density at radius 3 is 1.05 bits per heavy atom. The molecular weight excluding hydrogens is 930 g/mol. The number of rotatable bonds is 54. The highest BCUT2D eigenvalue weighted by molar-refractivity contribution is 7.47. The van der Waals surface area contributed by atoms with Gasteiger partial charge in [-0.25, -0.2) is 4.57 Å². The van der Waals surface area contributed by atoms with Gasteiger partial charge in [-0.05, 0) is 96.3 Å². The lowest BCUT2D eigenvalue weighted by Gasteiger charge is -2.19.